The molecular weight excluding hydrogens is 376 g/mol. The topological polar surface area (TPSA) is 67.6 Å². The van der Waals surface area contributed by atoms with E-state index in [1.807, 2.05) is 31.2 Å². The molecule has 1 unspecified atom stereocenters. The Morgan fingerprint density at radius 3 is 2.90 bits per heavy atom. The van der Waals surface area contributed by atoms with Gasteiger partial charge in [0.1, 0.15) is 0 Å². The Kier molecular flexibility index (Phi) is 6.95. The van der Waals surface area contributed by atoms with E-state index in [0.717, 1.165) is 36.5 Å². The van der Waals surface area contributed by atoms with E-state index in [4.69, 9.17) is 10.5 Å². The van der Waals surface area contributed by atoms with Gasteiger partial charge in [0.25, 0.3) is 0 Å². The van der Waals surface area contributed by atoms with E-state index in [1.54, 1.807) is 0 Å². The van der Waals surface area contributed by atoms with Crippen LogP contribution in [-0.4, -0.2) is 38.3 Å². The first-order valence-corrected chi connectivity index (χ1v) is 9.56. The molecule has 1 amide bonds. The summed E-state index contributed by atoms with van der Waals surface area (Å²) in [6, 6.07) is 11.2. The van der Waals surface area contributed by atoms with E-state index in [0.29, 0.717) is 18.7 Å². The molecule has 0 radical (unpaired) electrons. The van der Waals surface area contributed by atoms with Gasteiger partial charge in [-0.15, -0.1) is 0 Å². The number of nitrogens with zero attached hydrogens (tertiary/aromatic N) is 1. The van der Waals surface area contributed by atoms with Gasteiger partial charge in [0.15, 0.2) is 11.6 Å². The highest BCUT2D eigenvalue weighted by Gasteiger charge is 2.20. The lowest BCUT2D eigenvalue weighted by Crippen LogP contribution is -2.45. The molecule has 7 heteroatoms. The quantitative estimate of drug-likeness (QED) is 0.731. The number of nitrogens with two attached hydrogens (primary N) is 1. The molecule has 0 aliphatic carbocycles. The largest absolute Gasteiger partial charge is 0.373 e. The third kappa shape index (κ3) is 5.62. The summed E-state index contributed by atoms with van der Waals surface area (Å²) >= 11 is 0. The van der Waals surface area contributed by atoms with Crippen molar-refractivity contribution in [1.29, 1.82) is 0 Å². The molecule has 2 atom stereocenters. The molecule has 154 valence electrons. The fourth-order valence-corrected chi connectivity index (χ4v) is 3.22. The van der Waals surface area contributed by atoms with Crippen LogP contribution < -0.4 is 16.0 Å². The number of carbonyl (C=O) groups is 1. The SMILES string of the molecule is C[C@H](NC(=O)/C=C/c1ccc(F)c(F)c1)c1cccc(N2CCOC(CN)C2)c1. The summed E-state index contributed by atoms with van der Waals surface area (Å²) in [5.74, 6) is -2.18. The highest BCUT2D eigenvalue weighted by atomic mass is 19.2. The van der Waals surface area contributed by atoms with Crippen molar-refractivity contribution >= 4 is 17.7 Å². The number of morpholine rings is 1. The van der Waals surface area contributed by atoms with Crippen molar-refractivity contribution in [3.05, 3.63) is 71.3 Å². The van der Waals surface area contributed by atoms with Crippen molar-refractivity contribution in [2.75, 3.05) is 31.1 Å². The van der Waals surface area contributed by atoms with E-state index in [2.05, 4.69) is 10.2 Å². The van der Waals surface area contributed by atoms with Gasteiger partial charge >= 0.3 is 0 Å². The molecule has 0 aromatic heterocycles. The number of nitrogens with one attached hydrogen (secondary N) is 1. The van der Waals surface area contributed by atoms with Gasteiger partial charge in [-0.3, -0.25) is 4.79 Å². The van der Waals surface area contributed by atoms with Crippen molar-refractivity contribution in [2.45, 2.75) is 19.1 Å². The Hall–Kier alpha value is -2.77. The standard InChI is InChI=1S/C22H25F2N3O2/c1-15(26-22(28)8-6-16-5-7-20(23)21(24)11-16)17-3-2-4-18(12-17)27-9-10-29-19(13-25)14-27/h2-8,11-12,15,19H,9-10,13-14,25H2,1H3,(H,26,28)/b8-6+/t15-,19?/m0/s1. The maximum atomic E-state index is 13.2. The molecule has 3 N–H and O–H groups in total. The van der Waals surface area contributed by atoms with Crippen LogP contribution in [0.5, 0.6) is 0 Å². The summed E-state index contributed by atoms with van der Waals surface area (Å²) in [5.41, 5.74) is 8.15. The summed E-state index contributed by atoms with van der Waals surface area (Å²) in [6.07, 6.45) is 2.77. The number of hydrogen-bond acceptors (Lipinski definition) is 4. The zero-order valence-corrected chi connectivity index (χ0v) is 16.3. The van der Waals surface area contributed by atoms with Gasteiger partial charge in [-0.2, -0.15) is 0 Å². The highest BCUT2D eigenvalue weighted by Crippen LogP contribution is 2.22. The van der Waals surface area contributed by atoms with E-state index in [-0.39, 0.29) is 18.1 Å². The van der Waals surface area contributed by atoms with Crippen LogP contribution in [-0.2, 0) is 9.53 Å². The molecule has 1 heterocycles. The first kappa shape index (κ1) is 21.0. The third-order valence-corrected chi connectivity index (χ3v) is 4.87. The summed E-state index contributed by atoms with van der Waals surface area (Å²) < 4.78 is 31.8. The Balaban J connectivity index is 1.62. The number of hydrogen-bond donors (Lipinski definition) is 2. The Morgan fingerprint density at radius 2 is 2.14 bits per heavy atom. The van der Waals surface area contributed by atoms with Gasteiger partial charge in [-0.1, -0.05) is 18.2 Å². The number of ether oxygens (including phenoxy) is 1. The molecule has 1 saturated heterocycles. The van der Waals surface area contributed by atoms with E-state index >= 15 is 0 Å². The van der Waals surface area contributed by atoms with Gasteiger partial charge in [-0.05, 0) is 48.4 Å². The zero-order valence-electron chi connectivity index (χ0n) is 16.3. The van der Waals surface area contributed by atoms with Crippen molar-refractivity contribution in [3.63, 3.8) is 0 Å². The Labute approximate surface area is 169 Å². The average Bonchev–Trinajstić information content (AvgIpc) is 2.74. The summed E-state index contributed by atoms with van der Waals surface area (Å²) in [5, 5.41) is 2.89. The minimum absolute atomic E-state index is 0.0194. The van der Waals surface area contributed by atoms with Crippen LogP contribution in [0.1, 0.15) is 24.1 Å². The maximum Gasteiger partial charge on any atom is 0.244 e. The van der Waals surface area contributed by atoms with E-state index < -0.39 is 11.6 Å². The van der Waals surface area contributed by atoms with Crippen molar-refractivity contribution in [3.8, 4) is 0 Å². The molecule has 1 aliphatic heterocycles. The second kappa shape index (κ2) is 9.62. The predicted octanol–water partition coefficient (Wildman–Crippen LogP) is 3.02. The first-order valence-electron chi connectivity index (χ1n) is 9.56. The number of halogens is 2. The Morgan fingerprint density at radius 1 is 1.31 bits per heavy atom. The van der Waals surface area contributed by atoms with Gasteiger partial charge in [0.2, 0.25) is 5.91 Å². The normalized spacial score (nSPS) is 18.1. The molecule has 2 aromatic carbocycles. The predicted molar refractivity (Wildman–Crippen MR) is 109 cm³/mol. The molecule has 5 nitrogen and oxygen atoms in total. The molecule has 0 saturated carbocycles. The molecule has 0 bridgehead atoms. The number of rotatable bonds is 6. The average molecular weight is 401 g/mol. The fourth-order valence-electron chi connectivity index (χ4n) is 3.22. The lowest BCUT2D eigenvalue weighted by molar-refractivity contribution is -0.117. The van der Waals surface area contributed by atoms with E-state index in [1.165, 1.54) is 18.2 Å². The smallest absolute Gasteiger partial charge is 0.244 e. The summed E-state index contributed by atoms with van der Waals surface area (Å²) in [4.78, 5) is 14.4. The lowest BCUT2D eigenvalue weighted by atomic mass is 10.1. The van der Waals surface area contributed by atoms with Gasteiger partial charge in [0, 0.05) is 31.4 Å². The third-order valence-electron chi connectivity index (χ3n) is 4.87. The minimum atomic E-state index is -0.947. The van der Waals surface area contributed by atoms with E-state index in [9.17, 15) is 13.6 Å². The van der Waals surface area contributed by atoms with Crippen molar-refractivity contribution < 1.29 is 18.3 Å². The van der Waals surface area contributed by atoms with Crippen LogP contribution in [0.3, 0.4) is 0 Å². The van der Waals surface area contributed by atoms with Gasteiger partial charge in [0.05, 0.1) is 18.8 Å². The van der Waals surface area contributed by atoms with Crippen molar-refractivity contribution in [1.82, 2.24) is 5.32 Å². The van der Waals surface area contributed by atoms with Gasteiger partial charge in [-0.25, -0.2) is 8.78 Å². The van der Waals surface area contributed by atoms with Crippen LogP contribution >= 0.6 is 0 Å². The molecule has 1 fully saturated rings. The molecule has 2 aromatic rings. The van der Waals surface area contributed by atoms with Crippen LogP contribution in [0.15, 0.2) is 48.5 Å². The number of amides is 1. The summed E-state index contributed by atoms with van der Waals surface area (Å²) in [6.45, 7) is 4.53. The summed E-state index contributed by atoms with van der Waals surface area (Å²) in [7, 11) is 0. The van der Waals surface area contributed by atoms with Crippen LogP contribution in [0.4, 0.5) is 14.5 Å². The minimum Gasteiger partial charge on any atom is -0.373 e. The zero-order chi connectivity index (χ0) is 20.8. The monoisotopic (exact) mass is 401 g/mol. The van der Waals surface area contributed by atoms with Gasteiger partial charge < -0.3 is 20.7 Å². The van der Waals surface area contributed by atoms with Crippen LogP contribution in [0.25, 0.3) is 6.08 Å². The van der Waals surface area contributed by atoms with Crippen LogP contribution in [0, 0.1) is 11.6 Å². The molecule has 29 heavy (non-hydrogen) atoms. The number of carbonyl (C=O) groups excluding carboxylic acids is 1. The molecule has 0 spiro atoms. The molecule has 3 rings (SSSR count). The molecular formula is C22H25F2N3O2. The van der Waals surface area contributed by atoms with Crippen molar-refractivity contribution in [2.24, 2.45) is 5.73 Å². The number of anilines is 1. The maximum absolute atomic E-state index is 13.2. The van der Waals surface area contributed by atoms with Crippen LogP contribution in [0.2, 0.25) is 0 Å². The molecule has 1 aliphatic rings. The Bertz CT molecular complexity index is 888. The highest BCUT2D eigenvalue weighted by molar-refractivity contribution is 5.92. The second-order valence-electron chi connectivity index (χ2n) is 7.01. The first-order chi connectivity index (χ1) is 14.0. The fraction of sp³-hybridized carbons (Fsp3) is 0.318. The lowest BCUT2D eigenvalue weighted by Gasteiger charge is -2.34. The second-order valence-corrected chi connectivity index (χ2v) is 7.01. The number of benzene rings is 2.